The van der Waals surface area contributed by atoms with Gasteiger partial charge in [-0.2, -0.15) is 0 Å². The first kappa shape index (κ1) is 27.9. The summed E-state index contributed by atoms with van der Waals surface area (Å²) in [6, 6.07) is 6.20. The highest BCUT2D eigenvalue weighted by Crippen LogP contribution is 2.84. The number of nitrogens with two attached hydrogens (primary N) is 1. The molecule has 2 heterocycles. The number of allylic oxidation sites excluding steroid dienone is 6. The number of benzene rings is 1. The van der Waals surface area contributed by atoms with Crippen molar-refractivity contribution in [1.29, 1.82) is 0 Å². The minimum absolute atomic E-state index is 0.0479. The van der Waals surface area contributed by atoms with Gasteiger partial charge in [-0.1, -0.05) is 73.9 Å². The van der Waals surface area contributed by atoms with Gasteiger partial charge in [-0.25, -0.2) is 4.79 Å². The number of hydrogen-bond acceptors (Lipinski definition) is 5. The summed E-state index contributed by atoms with van der Waals surface area (Å²) in [6.07, 6.45) is 25.5. The van der Waals surface area contributed by atoms with Gasteiger partial charge in [0.25, 0.3) is 0 Å². The summed E-state index contributed by atoms with van der Waals surface area (Å²) >= 11 is 0. The molecule has 9 rings (SSSR count). The van der Waals surface area contributed by atoms with Gasteiger partial charge >= 0.3 is 11.9 Å². The van der Waals surface area contributed by atoms with Crippen molar-refractivity contribution in [2.24, 2.45) is 57.5 Å². The lowest BCUT2D eigenvalue weighted by atomic mass is 9.31. The Morgan fingerprint density at radius 2 is 1.96 bits per heavy atom. The van der Waals surface area contributed by atoms with Crippen LogP contribution in [0.3, 0.4) is 0 Å². The van der Waals surface area contributed by atoms with Crippen LogP contribution in [-0.4, -0.2) is 18.5 Å². The Labute approximate surface area is 266 Å². The van der Waals surface area contributed by atoms with Crippen LogP contribution >= 0.6 is 0 Å². The Bertz CT molecular complexity index is 1690. The van der Waals surface area contributed by atoms with Gasteiger partial charge in [0.05, 0.1) is 11.0 Å². The van der Waals surface area contributed by atoms with E-state index in [0.717, 1.165) is 55.4 Å². The smallest absolute Gasteiger partial charge is 0.339 e. The van der Waals surface area contributed by atoms with Crippen molar-refractivity contribution in [3.05, 3.63) is 83.2 Å². The fourth-order valence-corrected chi connectivity index (χ4v) is 12.2. The highest BCUT2D eigenvalue weighted by atomic mass is 16.6. The largest absolute Gasteiger partial charge is 0.449 e. The number of hydrogen-bond donors (Lipinski definition) is 1. The monoisotopic (exact) mass is 601 g/mol. The first-order valence-electron chi connectivity index (χ1n) is 17.5. The number of fused-ring (bicyclic) bond motifs is 4. The molecule has 232 valence electrons. The highest BCUT2D eigenvalue weighted by Gasteiger charge is 2.91. The van der Waals surface area contributed by atoms with Crippen molar-refractivity contribution in [2.75, 3.05) is 6.54 Å². The fourth-order valence-electron chi connectivity index (χ4n) is 12.2. The van der Waals surface area contributed by atoms with E-state index in [2.05, 4.69) is 73.4 Å². The van der Waals surface area contributed by atoms with Gasteiger partial charge in [0.1, 0.15) is 11.2 Å². The predicted molar refractivity (Wildman–Crippen MR) is 171 cm³/mol. The zero-order valence-corrected chi connectivity index (χ0v) is 26.2. The molecule has 1 aromatic rings. The third-order valence-electron chi connectivity index (χ3n) is 13.7. The van der Waals surface area contributed by atoms with Crippen LogP contribution in [0.15, 0.2) is 66.5 Å². The minimum atomic E-state index is -0.968. The molecule has 10 unspecified atom stereocenters. The number of carbonyl (C=O) groups is 2. The summed E-state index contributed by atoms with van der Waals surface area (Å²) in [7, 11) is 0. The molecule has 5 heteroatoms. The molecule has 4 fully saturated rings. The molecule has 3 spiro atoms. The molecule has 2 bridgehead atoms. The molecule has 3 saturated carbocycles. The Kier molecular flexibility index (Phi) is 5.94. The van der Waals surface area contributed by atoms with E-state index >= 15 is 0 Å². The third kappa shape index (κ3) is 3.11. The van der Waals surface area contributed by atoms with Gasteiger partial charge < -0.3 is 15.2 Å². The van der Waals surface area contributed by atoms with Crippen LogP contribution in [0.4, 0.5) is 0 Å². The van der Waals surface area contributed by atoms with Crippen LogP contribution in [0, 0.1) is 63.6 Å². The Morgan fingerprint density at radius 3 is 2.82 bits per heavy atom. The molecule has 0 amide bonds. The molecule has 0 radical (unpaired) electrons. The second-order valence-electron chi connectivity index (χ2n) is 15.1. The number of rotatable bonds is 5. The summed E-state index contributed by atoms with van der Waals surface area (Å²) in [6.45, 7) is 2.72. The molecule has 6 aliphatic carbocycles. The maximum atomic E-state index is 14.4. The summed E-state index contributed by atoms with van der Waals surface area (Å²) in [5.41, 5.74) is 5.96. The minimum Gasteiger partial charge on any atom is -0.449 e. The van der Waals surface area contributed by atoms with Gasteiger partial charge in [0, 0.05) is 29.2 Å². The SMILES string of the molecule is CCCC1C23C=CC4C#CCC5C(C=C(OC2=O)C3(C4)C12OC(=O)c1c(CCCN)cccc12)CCC1CCC2C=CC=CC215. The van der Waals surface area contributed by atoms with Crippen molar-refractivity contribution >= 4 is 11.9 Å². The van der Waals surface area contributed by atoms with Gasteiger partial charge in [-0.15, -0.1) is 5.92 Å². The Hall–Kier alpha value is -3.36. The third-order valence-corrected chi connectivity index (χ3v) is 13.7. The molecule has 2 aliphatic heterocycles. The first-order valence-corrected chi connectivity index (χ1v) is 17.5. The molecule has 2 N–H and O–H groups in total. The molecule has 8 aliphatic rings. The Morgan fingerprint density at radius 1 is 1.07 bits per heavy atom. The molecule has 5 nitrogen and oxygen atoms in total. The molecule has 45 heavy (non-hydrogen) atoms. The highest BCUT2D eigenvalue weighted by molar-refractivity contribution is 5.99. The van der Waals surface area contributed by atoms with E-state index in [0.29, 0.717) is 36.3 Å². The van der Waals surface area contributed by atoms with E-state index in [-0.39, 0.29) is 35.1 Å². The van der Waals surface area contributed by atoms with E-state index in [4.69, 9.17) is 15.2 Å². The van der Waals surface area contributed by atoms with E-state index in [1.165, 1.54) is 19.3 Å². The molecule has 0 aromatic heterocycles. The predicted octanol–water partition coefficient (Wildman–Crippen LogP) is 6.94. The lowest BCUT2D eigenvalue weighted by Gasteiger charge is -2.69. The topological polar surface area (TPSA) is 78.6 Å². The van der Waals surface area contributed by atoms with Crippen molar-refractivity contribution in [1.82, 2.24) is 0 Å². The molecule has 1 saturated heterocycles. The second kappa shape index (κ2) is 9.58. The summed E-state index contributed by atoms with van der Waals surface area (Å²) in [5, 5.41) is 0. The lowest BCUT2D eigenvalue weighted by molar-refractivity contribution is -0.273. The molecule has 1 aromatic carbocycles. The van der Waals surface area contributed by atoms with Crippen molar-refractivity contribution in [3.8, 4) is 11.8 Å². The lowest BCUT2D eigenvalue weighted by Crippen LogP contribution is -2.75. The first-order chi connectivity index (χ1) is 22.0. The standard InChI is InChI=1S/C40H43NO4/c1-2-8-32-38-21-19-25-9-5-13-30-27(15-16-29-18-17-28-12-3-4-20-37(28,29)30)23-33(44-36(38)43)39(38,24-25)40(32)31-14-6-10-26(11-7-22-41)34(31)35(42)45-40/h3-4,6,10,12,14,19-21,23,25,27-30,32H,2,7-8,11,13,15-18,22,24,41H2,1H3. The number of ether oxygens (including phenoxy) is 2. The maximum absolute atomic E-state index is 14.4. The number of carbonyl (C=O) groups excluding carboxylic acids is 2. The molecular weight excluding hydrogens is 558 g/mol. The van der Waals surface area contributed by atoms with Crippen molar-refractivity contribution in [3.63, 3.8) is 0 Å². The normalized spacial score (nSPS) is 43.9. The van der Waals surface area contributed by atoms with E-state index in [9.17, 15) is 9.59 Å². The van der Waals surface area contributed by atoms with Crippen LogP contribution in [0.25, 0.3) is 0 Å². The van der Waals surface area contributed by atoms with Gasteiger partial charge in [0.15, 0.2) is 5.60 Å². The average molecular weight is 602 g/mol. The van der Waals surface area contributed by atoms with Crippen LogP contribution < -0.4 is 5.73 Å². The van der Waals surface area contributed by atoms with E-state index in [1.54, 1.807) is 0 Å². The zero-order valence-electron chi connectivity index (χ0n) is 26.2. The van der Waals surface area contributed by atoms with Crippen molar-refractivity contribution < 1.29 is 19.1 Å². The summed E-state index contributed by atoms with van der Waals surface area (Å²) in [5.74, 6) is 9.23. The number of esters is 2. The number of aryl methyl sites for hydroxylation is 1. The summed E-state index contributed by atoms with van der Waals surface area (Å²) in [4.78, 5) is 28.5. The summed E-state index contributed by atoms with van der Waals surface area (Å²) < 4.78 is 13.4. The average Bonchev–Trinajstić information content (AvgIpc) is 3.67. The van der Waals surface area contributed by atoms with Crippen molar-refractivity contribution in [2.45, 2.75) is 76.7 Å². The zero-order chi connectivity index (χ0) is 30.6. The fraction of sp³-hybridized carbons (Fsp3) is 0.550. The van der Waals surface area contributed by atoms with Crippen LogP contribution in [0.5, 0.6) is 0 Å². The van der Waals surface area contributed by atoms with Gasteiger partial charge in [-0.3, -0.25) is 4.79 Å². The quantitative estimate of drug-likeness (QED) is 0.225. The van der Waals surface area contributed by atoms with Crippen LogP contribution in [0.2, 0.25) is 0 Å². The maximum Gasteiger partial charge on any atom is 0.339 e. The van der Waals surface area contributed by atoms with Crippen LogP contribution in [0.1, 0.15) is 86.2 Å². The van der Waals surface area contributed by atoms with Gasteiger partial charge in [0.2, 0.25) is 0 Å². The van der Waals surface area contributed by atoms with E-state index < -0.39 is 16.4 Å². The van der Waals surface area contributed by atoms with Crippen LogP contribution in [-0.2, 0) is 26.3 Å². The van der Waals surface area contributed by atoms with Gasteiger partial charge in [-0.05, 0) is 93.2 Å². The molecular formula is C40H43NO4. The van der Waals surface area contributed by atoms with E-state index in [1.807, 2.05) is 6.07 Å². The molecule has 10 atom stereocenters. The Balaban J connectivity index is 1.27. The second-order valence-corrected chi connectivity index (χ2v) is 15.1.